The number of likely N-dealkylation sites (tertiary alicyclic amines) is 1. The first-order chi connectivity index (χ1) is 10.1. The molecule has 0 aliphatic carbocycles. The zero-order chi connectivity index (χ0) is 15.2. The molecule has 1 aromatic rings. The standard InChI is InChI=1S/C16H22N2O3/c1-12(2)17-16(20)18-10-6-7-13(11-18)15(19)21-14-8-4-3-5-9-14/h3-5,8-9,12-13H,6-7,10-11H2,1-2H3,(H,17,20). The third-order valence-electron chi connectivity index (χ3n) is 3.42. The molecule has 0 bridgehead atoms. The molecule has 1 N–H and O–H groups in total. The van der Waals surface area contributed by atoms with Crippen molar-refractivity contribution in [3.8, 4) is 5.75 Å². The van der Waals surface area contributed by atoms with E-state index in [2.05, 4.69) is 5.32 Å². The Hall–Kier alpha value is -2.04. The molecule has 1 saturated heterocycles. The molecule has 1 fully saturated rings. The summed E-state index contributed by atoms with van der Waals surface area (Å²) in [7, 11) is 0. The first-order valence-electron chi connectivity index (χ1n) is 7.38. The highest BCUT2D eigenvalue weighted by molar-refractivity contribution is 5.78. The molecule has 1 unspecified atom stereocenters. The molecule has 2 rings (SSSR count). The summed E-state index contributed by atoms with van der Waals surface area (Å²) in [4.78, 5) is 25.9. The lowest BCUT2D eigenvalue weighted by molar-refractivity contribution is -0.140. The van der Waals surface area contributed by atoms with Crippen molar-refractivity contribution in [1.29, 1.82) is 0 Å². The number of amides is 2. The van der Waals surface area contributed by atoms with Crippen LogP contribution in [0.2, 0.25) is 0 Å². The van der Waals surface area contributed by atoms with Gasteiger partial charge in [-0.25, -0.2) is 4.79 Å². The molecule has 0 spiro atoms. The van der Waals surface area contributed by atoms with E-state index < -0.39 is 0 Å². The first-order valence-corrected chi connectivity index (χ1v) is 7.38. The highest BCUT2D eigenvalue weighted by atomic mass is 16.5. The molecule has 0 saturated carbocycles. The van der Waals surface area contributed by atoms with Crippen molar-refractivity contribution in [3.05, 3.63) is 30.3 Å². The monoisotopic (exact) mass is 290 g/mol. The fraction of sp³-hybridized carbons (Fsp3) is 0.500. The van der Waals surface area contributed by atoms with Gasteiger partial charge in [0.05, 0.1) is 5.92 Å². The van der Waals surface area contributed by atoms with E-state index in [9.17, 15) is 9.59 Å². The number of rotatable bonds is 3. The Bertz CT molecular complexity index is 488. The van der Waals surface area contributed by atoms with Crippen LogP contribution in [0.1, 0.15) is 26.7 Å². The molecule has 1 aliphatic rings. The number of carbonyl (C=O) groups excluding carboxylic acids is 2. The third kappa shape index (κ3) is 4.48. The van der Waals surface area contributed by atoms with Crippen molar-refractivity contribution >= 4 is 12.0 Å². The number of esters is 1. The van der Waals surface area contributed by atoms with Gasteiger partial charge >= 0.3 is 12.0 Å². The van der Waals surface area contributed by atoms with E-state index in [1.165, 1.54) is 0 Å². The average molecular weight is 290 g/mol. The zero-order valence-electron chi connectivity index (χ0n) is 12.5. The normalized spacial score (nSPS) is 18.4. The average Bonchev–Trinajstić information content (AvgIpc) is 2.47. The van der Waals surface area contributed by atoms with E-state index >= 15 is 0 Å². The minimum absolute atomic E-state index is 0.0918. The van der Waals surface area contributed by atoms with Gasteiger partial charge in [0.25, 0.3) is 0 Å². The van der Waals surface area contributed by atoms with Gasteiger partial charge in [-0.3, -0.25) is 4.79 Å². The second-order valence-electron chi connectivity index (χ2n) is 5.62. The van der Waals surface area contributed by atoms with E-state index in [0.717, 1.165) is 12.8 Å². The third-order valence-corrected chi connectivity index (χ3v) is 3.42. The van der Waals surface area contributed by atoms with Crippen LogP contribution in [0.4, 0.5) is 4.79 Å². The summed E-state index contributed by atoms with van der Waals surface area (Å²) in [5.74, 6) is 0.0337. The lowest BCUT2D eigenvalue weighted by atomic mass is 9.98. The SMILES string of the molecule is CC(C)NC(=O)N1CCCC(C(=O)Oc2ccccc2)C1. The summed E-state index contributed by atoms with van der Waals surface area (Å²) in [6, 6.07) is 9.01. The molecule has 1 aromatic carbocycles. The van der Waals surface area contributed by atoms with Gasteiger partial charge in [0, 0.05) is 19.1 Å². The Morgan fingerprint density at radius 1 is 1.29 bits per heavy atom. The molecule has 1 aliphatic heterocycles. The topological polar surface area (TPSA) is 58.6 Å². The number of ether oxygens (including phenoxy) is 1. The van der Waals surface area contributed by atoms with E-state index in [4.69, 9.17) is 4.74 Å². The van der Waals surface area contributed by atoms with E-state index in [0.29, 0.717) is 18.8 Å². The van der Waals surface area contributed by atoms with Crippen LogP contribution in [0, 0.1) is 5.92 Å². The van der Waals surface area contributed by atoms with Crippen molar-refractivity contribution in [2.75, 3.05) is 13.1 Å². The molecular weight excluding hydrogens is 268 g/mol. The van der Waals surface area contributed by atoms with Crippen LogP contribution in [-0.2, 0) is 4.79 Å². The number of carbonyl (C=O) groups is 2. The van der Waals surface area contributed by atoms with Crippen LogP contribution in [0.5, 0.6) is 5.75 Å². The second kappa shape index (κ2) is 7.11. The maximum absolute atomic E-state index is 12.2. The Kier molecular flexibility index (Phi) is 5.20. The Morgan fingerprint density at radius 2 is 2.00 bits per heavy atom. The van der Waals surface area contributed by atoms with Crippen LogP contribution >= 0.6 is 0 Å². The van der Waals surface area contributed by atoms with Gasteiger partial charge < -0.3 is 15.0 Å². The van der Waals surface area contributed by atoms with Crippen LogP contribution in [-0.4, -0.2) is 36.0 Å². The van der Waals surface area contributed by atoms with Gasteiger partial charge in [0.15, 0.2) is 0 Å². The molecular formula is C16H22N2O3. The quantitative estimate of drug-likeness (QED) is 0.687. The molecule has 1 heterocycles. The molecule has 21 heavy (non-hydrogen) atoms. The van der Waals surface area contributed by atoms with Gasteiger partial charge in [-0.15, -0.1) is 0 Å². The maximum atomic E-state index is 12.2. The number of para-hydroxylation sites is 1. The summed E-state index contributed by atoms with van der Waals surface area (Å²) in [6.07, 6.45) is 1.58. The minimum Gasteiger partial charge on any atom is -0.426 e. The molecule has 1 atom stereocenters. The molecule has 5 nitrogen and oxygen atoms in total. The second-order valence-corrected chi connectivity index (χ2v) is 5.62. The highest BCUT2D eigenvalue weighted by Crippen LogP contribution is 2.20. The summed E-state index contributed by atoms with van der Waals surface area (Å²) in [5, 5.41) is 2.86. The summed E-state index contributed by atoms with van der Waals surface area (Å²) < 4.78 is 5.37. The molecule has 0 radical (unpaired) electrons. The van der Waals surface area contributed by atoms with E-state index in [1.54, 1.807) is 17.0 Å². The van der Waals surface area contributed by atoms with E-state index in [1.807, 2.05) is 32.0 Å². The predicted octanol–water partition coefficient (Wildman–Crippen LogP) is 2.42. The van der Waals surface area contributed by atoms with E-state index in [-0.39, 0.29) is 24.0 Å². The van der Waals surface area contributed by atoms with Crippen molar-refractivity contribution in [2.45, 2.75) is 32.7 Å². The van der Waals surface area contributed by atoms with Crippen molar-refractivity contribution in [3.63, 3.8) is 0 Å². The smallest absolute Gasteiger partial charge is 0.317 e. The van der Waals surface area contributed by atoms with Gasteiger partial charge in [-0.2, -0.15) is 0 Å². The summed E-state index contributed by atoms with van der Waals surface area (Å²) in [6.45, 7) is 4.95. The number of nitrogens with zero attached hydrogens (tertiary/aromatic N) is 1. The first kappa shape index (κ1) is 15.4. The fourth-order valence-electron chi connectivity index (χ4n) is 2.38. The summed E-state index contributed by atoms with van der Waals surface area (Å²) in [5.41, 5.74) is 0. The van der Waals surface area contributed by atoms with Gasteiger partial charge in [-0.1, -0.05) is 18.2 Å². The Balaban J connectivity index is 1.91. The summed E-state index contributed by atoms with van der Waals surface area (Å²) >= 11 is 0. The molecule has 114 valence electrons. The van der Waals surface area contributed by atoms with Crippen molar-refractivity contribution in [1.82, 2.24) is 10.2 Å². The largest absolute Gasteiger partial charge is 0.426 e. The number of nitrogens with one attached hydrogen (secondary N) is 1. The molecule has 0 aromatic heterocycles. The van der Waals surface area contributed by atoms with Crippen molar-refractivity contribution in [2.24, 2.45) is 5.92 Å². The number of urea groups is 1. The fourth-order valence-corrected chi connectivity index (χ4v) is 2.38. The lowest BCUT2D eigenvalue weighted by Crippen LogP contribution is -2.49. The van der Waals surface area contributed by atoms with Crippen LogP contribution in [0.25, 0.3) is 0 Å². The zero-order valence-corrected chi connectivity index (χ0v) is 12.5. The predicted molar refractivity (Wildman–Crippen MR) is 80.0 cm³/mol. The number of hydrogen-bond acceptors (Lipinski definition) is 3. The highest BCUT2D eigenvalue weighted by Gasteiger charge is 2.29. The van der Waals surface area contributed by atoms with Crippen molar-refractivity contribution < 1.29 is 14.3 Å². The maximum Gasteiger partial charge on any atom is 0.317 e. The Morgan fingerprint density at radius 3 is 2.67 bits per heavy atom. The van der Waals surface area contributed by atoms with Gasteiger partial charge in [0.2, 0.25) is 0 Å². The van der Waals surface area contributed by atoms with Crippen LogP contribution in [0.15, 0.2) is 30.3 Å². The number of piperidine rings is 1. The molecule has 2 amide bonds. The van der Waals surface area contributed by atoms with Gasteiger partial charge in [-0.05, 0) is 38.8 Å². The molecule has 5 heteroatoms. The van der Waals surface area contributed by atoms with Gasteiger partial charge in [0.1, 0.15) is 5.75 Å². The number of hydrogen-bond donors (Lipinski definition) is 1. The number of benzene rings is 1. The Labute approximate surface area is 125 Å². The van der Waals surface area contributed by atoms with Crippen LogP contribution in [0.3, 0.4) is 0 Å². The lowest BCUT2D eigenvalue weighted by Gasteiger charge is -2.32. The minimum atomic E-state index is -0.261. The van der Waals surface area contributed by atoms with Crippen LogP contribution < -0.4 is 10.1 Å².